The molecular formula is C13H18N4O2S. The van der Waals surface area contributed by atoms with Crippen LogP contribution in [0.4, 0.5) is 5.00 Å². The summed E-state index contributed by atoms with van der Waals surface area (Å²) in [5.74, 6) is -0.0697. The number of rotatable bonds is 5. The van der Waals surface area contributed by atoms with Gasteiger partial charge in [0.15, 0.2) is 0 Å². The summed E-state index contributed by atoms with van der Waals surface area (Å²) in [4.78, 5) is 14.1. The number of nitriles is 1. The summed E-state index contributed by atoms with van der Waals surface area (Å²) in [5, 5.41) is 14.1. The third kappa shape index (κ3) is 4.02. The molecule has 1 amide bonds. The van der Waals surface area contributed by atoms with Crippen LogP contribution in [0.3, 0.4) is 0 Å². The van der Waals surface area contributed by atoms with Crippen molar-refractivity contribution in [3.63, 3.8) is 0 Å². The Kier molecular flexibility index (Phi) is 5.49. The lowest BCUT2D eigenvalue weighted by Crippen LogP contribution is -2.46. The zero-order valence-electron chi connectivity index (χ0n) is 11.2. The number of carbonyl (C=O) groups is 1. The van der Waals surface area contributed by atoms with Crippen molar-refractivity contribution < 1.29 is 9.53 Å². The summed E-state index contributed by atoms with van der Waals surface area (Å²) in [6, 6.07) is 3.76. The van der Waals surface area contributed by atoms with Crippen LogP contribution in [0.5, 0.6) is 0 Å². The van der Waals surface area contributed by atoms with Gasteiger partial charge in [0.1, 0.15) is 11.1 Å². The predicted molar refractivity (Wildman–Crippen MR) is 77.5 cm³/mol. The molecule has 6 nitrogen and oxygen atoms in total. The van der Waals surface area contributed by atoms with E-state index in [2.05, 4.69) is 16.3 Å². The molecule has 0 radical (unpaired) electrons. The highest BCUT2D eigenvalue weighted by molar-refractivity contribution is 7.14. The van der Waals surface area contributed by atoms with Gasteiger partial charge in [-0.15, -0.1) is 11.3 Å². The third-order valence-corrected chi connectivity index (χ3v) is 4.01. The minimum Gasteiger partial charge on any atom is -0.374 e. The molecule has 108 valence electrons. The summed E-state index contributed by atoms with van der Waals surface area (Å²) in [6.45, 7) is 3.44. The van der Waals surface area contributed by atoms with E-state index in [-0.39, 0.29) is 12.0 Å². The average Bonchev–Trinajstić information content (AvgIpc) is 2.92. The number of nitrogens with one attached hydrogen (secondary N) is 1. The number of nitrogens with two attached hydrogens (primary N) is 1. The van der Waals surface area contributed by atoms with Crippen molar-refractivity contribution in [3.8, 4) is 6.07 Å². The predicted octanol–water partition coefficient (Wildman–Crippen LogP) is 0.608. The normalized spacial score (nSPS) is 19.5. The van der Waals surface area contributed by atoms with Crippen molar-refractivity contribution in [3.05, 3.63) is 17.0 Å². The molecule has 1 fully saturated rings. The van der Waals surface area contributed by atoms with Crippen LogP contribution in [0.2, 0.25) is 0 Å². The lowest BCUT2D eigenvalue weighted by Gasteiger charge is -2.32. The molecule has 1 aliphatic heterocycles. The Hall–Kier alpha value is -1.46. The van der Waals surface area contributed by atoms with Gasteiger partial charge in [0.05, 0.1) is 18.3 Å². The van der Waals surface area contributed by atoms with Crippen molar-refractivity contribution in [1.82, 2.24) is 4.90 Å². The maximum atomic E-state index is 11.9. The molecule has 0 spiro atoms. The van der Waals surface area contributed by atoms with E-state index < -0.39 is 0 Å². The van der Waals surface area contributed by atoms with E-state index >= 15 is 0 Å². The molecule has 3 N–H and O–H groups in total. The van der Waals surface area contributed by atoms with Gasteiger partial charge in [-0.05, 0) is 11.4 Å². The van der Waals surface area contributed by atoms with E-state index in [4.69, 9.17) is 15.7 Å². The lowest BCUT2D eigenvalue weighted by atomic mass is 10.2. The molecule has 1 atom stereocenters. The summed E-state index contributed by atoms with van der Waals surface area (Å²) in [5.41, 5.74) is 6.10. The molecule has 0 aromatic carbocycles. The highest BCUT2D eigenvalue weighted by atomic mass is 32.1. The van der Waals surface area contributed by atoms with Crippen molar-refractivity contribution in [1.29, 1.82) is 5.26 Å². The van der Waals surface area contributed by atoms with Gasteiger partial charge in [-0.1, -0.05) is 0 Å². The number of morpholine rings is 1. The molecular weight excluding hydrogens is 276 g/mol. The van der Waals surface area contributed by atoms with E-state index in [1.54, 1.807) is 11.4 Å². The average molecular weight is 294 g/mol. The molecule has 2 heterocycles. The first-order chi connectivity index (χ1) is 9.72. The molecule has 1 aliphatic rings. The molecule has 1 unspecified atom stereocenters. The first-order valence-corrected chi connectivity index (χ1v) is 7.42. The number of thiophene rings is 1. The van der Waals surface area contributed by atoms with Crippen molar-refractivity contribution in [2.45, 2.75) is 12.5 Å². The molecule has 0 aliphatic carbocycles. The van der Waals surface area contributed by atoms with Crippen molar-refractivity contribution >= 4 is 22.2 Å². The van der Waals surface area contributed by atoms with Gasteiger partial charge in [0.2, 0.25) is 5.91 Å². The fourth-order valence-corrected chi connectivity index (χ4v) is 2.82. The zero-order valence-corrected chi connectivity index (χ0v) is 12.0. The number of anilines is 1. The quantitative estimate of drug-likeness (QED) is 0.830. The second kappa shape index (κ2) is 7.36. The first-order valence-electron chi connectivity index (χ1n) is 6.54. The Morgan fingerprint density at radius 3 is 3.30 bits per heavy atom. The molecule has 0 saturated carbocycles. The van der Waals surface area contributed by atoms with E-state index in [0.29, 0.717) is 36.7 Å². The fraction of sp³-hybridized carbons (Fsp3) is 0.538. The Morgan fingerprint density at radius 2 is 2.55 bits per heavy atom. The van der Waals surface area contributed by atoms with E-state index in [9.17, 15) is 4.79 Å². The molecule has 1 saturated heterocycles. The highest BCUT2D eigenvalue weighted by Gasteiger charge is 2.19. The summed E-state index contributed by atoms with van der Waals surface area (Å²) < 4.78 is 5.48. The third-order valence-electron chi connectivity index (χ3n) is 3.18. The van der Waals surface area contributed by atoms with Gasteiger partial charge in [-0.25, -0.2) is 0 Å². The second-order valence-corrected chi connectivity index (χ2v) is 5.52. The van der Waals surface area contributed by atoms with Crippen LogP contribution < -0.4 is 11.1 Å². The largest absolute Gasteiger partial charge is 0.374 e. The smallest absolute Gasteiger partial charge is 0.226 e. The number of ether oxygens (including phenoxy) is 1. The van der Waals surface area contributed by atoms with E-state index in [0.717, 1.165) is 13.1 Å². The highest BCUT2D eigenvalue weighted by Crippen LogP contribution is 2.22. The minimum atomic E-state index is -0.0697. The molecule has 1 aromatic rings. The monoisotopic (exact) mass is 294 g/mol. The second-order valence-electron chi connectivity index (χ2n) is 4.60. The minimum absolute atomic E-state index is 0.0642. The Labute approximate surface area is 122 Å². The van der Waals surface area contributed by atoms with Crippen LogP contribution >= 0.6 is 11.3 Å². The molecule has 0 bridgehead atoms. The van der Waals surface area contributed by atoms with Gasteiger partial charge in [0, 0.05) is 32.6 Å². The number of hydrogen-bond donors (Lipinski definition) is 2. The molecule has 20 heavy (non-hydrogen) atoms. The topological polar surface area (TPSA) is 91.4 Å². The van der Waals surface area contributed by atoms with Crippen molar-refractivity contribution in [2.75, 3.05) is 38.1 Å². The van der Waals surface area contributed by atoms with Crippen molar-refractivity contribution in [2.24, 2.45) is 5.73 Å². The van der Waals surface area contributed by atoms with Crippen LogP contribution in [0.1, 0.15) is 12.0 Å². The first kappa shape index (κ1) is 14.9. The van der Waals surface area contributed by atoms with Gasteiger partial charge in [0.25, 0.3) is 0 Å². The van der Waals surface area contributed by atoms with Crippen LogP contribution in [0.15, 0.2) is 11.4 Å². The maximum absolute atomic E-state index is 11.9. The molecule has 2 rings (SSSR count). The number of carbonyl (C=O) groups excluding carboxylic acids is 1. The SMILES string of the molecule is N#Cc1ccsc1NC(=O)CCN1CCOC(CN)C1. The summed E-state index contributed by atoms with van der Waals surface area (Å²) in [7, 11) is 0. The Bertz CT molecular complexity index is 497. The number of hydrogen-bond acceptors (Lipinski definition) is 6. The van der Waals surface area contributed by atoms with E-state index in [1.807, 2.05) is 0 Å². The molecule has 1 aromatic heterocycles. The van der Waals surface area contributed by atoms with Crippen LogP contribution in [-0.2, 0) is 9.53 Å². The Morgan fingerprint density at radius 1 is 1.70 bits per heavy atom. The fourth-order valence-electron chi connectivity index (χ4n) is 2.07. The Balaban J connectivity index is 1.76. The number of nitrogens with zero attached hydrogens (tertiary/aromatic N) is 2. The zero-order chi connectivity index (χ0) is 14.4. The summed E-state index contributed by atoms with van der Waals surface area (Å²) in [6.07, 6.45) is 0.467. The van der Waals surface area contributed by atoms with E-state index in [1.165, 1.54) is 11.3 Å². The van der Waals surface area contributed by atoms with Gasteiger partial charge in [-0.3, -0.25) is 9.69 Å². The van der Waals surface area contributed by atoms with Gasteiger partial charge in [-0.2, -0.15) is 5.26 Å². The van der Waals surface area contributed by atoms with Gasteiger partial charge < -0.3 is 15.8 Å². The number of amides is 1. The summed E-state index contributed by atoms with van der Waals surface area (Å²) >= 11 is 1.36. The lowest BCUT2D eigenvalue weighted by molar-refractivity contribution is -0.117. The van der Waals surface area contributed by atoms with Crippen LogP contribution in [0, 0.1) is 11.3 Å². The molecule has 7 heteroatoms. The van der Waals surface area contributed by atoms with Gasteiger partial charge >= 0.3 is 0 Å². The standard InChI is InChI=1S/C13H18N4O2S/c14-7-10-2-6-20-13(10)16-12(18)1-3-17-4-5-19-11(8-15)9-17/h2,6,11H,1,3-5,8-9,15H2,(H,16,18). The maximum Gasteiger partial charge on any atom is 0.226 e. The van der Waals surface area contributed by atoms with Crippen LogP contribution in [-0.4, -0.2) is 49.7 Å². The van der Waals surface area contributed by atoms with Crippen LogP contribution in [0.25, 0.3) is 0 Å².